The van der Waals surface area contributed by atoms with Crippen LogP contribution >= 0.6 is 11.6 Å². The molecule has 0 fully saturated rings. The van der Waals surface area contributed by atoms with Crippen molar-refractivity contribution in [3.8, 4) is 22.7 Å². The highest BCUT2D eigenvalue weighted by molar-refractivity contribution is 6.37. The molecule has 0 bridgehead atoms. The Bertz CT molecular complexity index is 1660. The lowest BCUT2D eigenvalue weighted by molar-refractivity contribution is -0.386. The molecule has 11 heteroatoms. The third-order valence-electron chi connectivity index (χ3n) is 5.64. The van der Waals surface area contributed by atoms with Gasteiger partial charge in [0, 0.05) is 5.39 Å². The first-order valence-corrected chi connectivity index (χ1v) is 10.9. The van der Waals surface area contributed by atoms with Gasteiger partial charge in [0.05, 0.1) is 29.9 Å². The number of benzene rings is 2. The fourth-order valence-corrected chi connectivity index (χ4v) is 4.32. The van der Waals surface area contributed by atoms with Crippen molar-refractivity contribution in [1.29, 1.82) is 0 Å². The number of pyridine rings is 2. The monoisotopic (exact) mass is 510 g/mol. The van der Waals surface area contributed by atoms with Crippen LogP contribution in [0.3, 0.4) is 0 Å². The summed E-state index contributed by atoms with van der Waals surface area (Å²) in [5, 5.41) is 10.9. The predicted octanol–water partition coefficient (Wildman–Crippen LogP) is 6.58. The molecule has 8 nitrogen and oxygen atoms in total. The van der Waals surface area contributed by atoms with Gasteiger partial charge in [-0.15, -0.1) is 0 Å². The summed E-state index contributed by atoms with van der Waals surface area (Å²) in [6, 6.07) is 9.44. The van der Waals surface area contributed by atoms with Crippen LogP contribution in [0.2, 0.25) is 5.02 Å². The first kappa shape index (κ1) is 24.8. The normalized spacial score (nSPS) is 11.1. The number of ether oxygens (including phenoxy) is 1. The summed E-state index contributed by atoms with van der Waals surface area (Å²) in [7, 11) is 1.27. The minimum absolute atomic E-state index is 0.0115. The van der Waals surface area contributed by atoms with Gasteiger partial charge in [-0.1, -0.05) is 49.7 Å². The molecule has 0 amide bonds. The van der Waals surface area contributed by atoms with Crippen LogP contribution in [0.1, 0.15) is 25.3 Å². The van der Waals surface area contributed by atoms with E-state index in [1.165, 1.54) is 25.3 Å². The number of hydrogen-bond acceptors (Lipinski definition) is 5. The molecule has 0 spiro atoms. The van der Waals surface area contributed by atoms with Gasteiger partial charge >= 0.3 is 11.2 Å². The van der Waals surface area contributed by atoms with Gasteiger partial charge in [-0.2, -0.15) is 0 Å². The molecule has 0 N–H and O–H groups in total. The second kappa shape index (κ2) is 9.36. The van der Waals surface area contributed by atoms with E-state index in [2.05, 4.69) is 9.83 Å². The van der Waals surface area contributed by atoms with Crippen LogP contribution in [0.15, 0.2) is 47.3 Å². The topological polar surface area (TPSA) is 91.6 Å². The predicted molar refractivity (Wildman–Crippen MR) is 131 cm³/mol. The Morgan fingerprint density at radius 1 is 1.19 bits per heavy atom. The average molecular weight is 511 g/mol. The maximum absolute atomic E-state index is 15.4. The van der Waals surface area contributed by atoms with Gasteiger partial charge in [-0.3, -0.25) is 19.5 Å². The van der Waals surface area contributed by atoms with Crippen molar-refractivity contribution < 1.29 is 18.4 Å². The number of hydrogen-bond donors (Lipinski definition) is 0. The lowest BCUT2D eigenvalue weighted by atomic mass is 9.99. The van der Waals surface area contributed by atoms with E-state index in [4.69, 9.17) is 22.9 Å². The quantitative estimate of drug-likeness (QED) is 0.172. The number of nitrogens with zero attached hydrogens (tertiary/aromatic N) is 4. The molecule has 0 radical (unpaired) electrons. The molecular formula is C25H17ClF2N4O4. The molecule has 0 saturated carbocycles. The van der Waals surface area contributed by atoms with Gasteiger partial charge < -0.3 is 4.74 Å². The van der Waals surface area contributed by atoms with E-state index in [1.54, 1.807) is 12.1 Å². The zero-order valence-electron chi connectivity index (χ0n) is 19.2. The Hall–Kier alpha value is -4.36. The highest BCUT2D eigenvalue weighted by Crippen LogP contribution is 2.39. The van der Waals surface area contributed by atoms with Gasteiger partial charge in [0.2, 0.25) is 5.69 Å². The second-order valence-electron chi connectivity index (χ2n) is 8.05. The molecule has 0 aliphatic carbocycles. The minimum Gasteiger partial charge on any atom is -0.496 e. The van der Waals surface area contributed by atoms with Crippen LogP contribution in [0.4, 0.5) is 20.2 Å². The molecule has 4 aromatic rings. The molecule has 0 atom stereocenters. The fraction of sp³-hybridized carbons (Fsp3) is 0.160. The Morgan fingerprint density at radius 3 is 2.50 bits per heavy atom. The molecule has 182 valence electrons. The van der Waals surface area contributed by atoms with Crippen LogP contribution in [-0.4, -0.2) is 21.6 Å². The molecule has 0 saturated heterocycles. The van der Waals surface area contributed by atoms with E-state index < -0.39 is 38.5 Å². The van der Waals surface area contributed by atoms with Crippen molar-refractivity contribution in [3.05, 3.63) is 96.6 Å². The SMILES string of the molecule is [C-]#[N+]c1cccc(C(C)C)c1-n1c(=O)c([N+](=O)[O-])c(Cl)c2cc(F)c(-c3c(F)cccc3OC)nc21. The minimum atomic E-state index is -1.17. The van der Waals surface area contributed by atoms with Crippen LogP contribution < -0.4 is 10.3 Å². The zero-order chi connectivity index (χ0) is 26.3. The Morgan fingerprint density at radius 2 is 1.89 bits per heavy atom. The first-order valence-electron chi connectivity index (χ1n) is 10.5. The zero-order valence-corrected chi connectivity index (χ0v) is 19.9. The molecule has 2 aromatic carbocycles. The van der Waals surface area contributed by atoms with Crippen LogP contribution in [-0.2, 0) is 0 Å². The number of para-hydroxylation sites is 1. The molecule has 0 aliphatic rings. The Balaban J connectivity index is 2.29. The summed E-state index contributed by atoms with van der Waals surface area (Å²) in [4.78, 5) is 32.1. The number of aromatic nitrogens is 2. The summed E-state index contributed by atoms with van der Waals surface area (Å²) in [6.07, 6.45) is 0. The lowest BCUT2D eigenvalue weighted by Gasteiger charge is -2.19. The van der Waals surface area contributed by atoms with Crippen molar-refractivity contribution in [3.63, 3.8) is 0 Å². The van der Waals surface area contributed by atoms with Gasteiger partial charge in [0.15, 0.2) is 5.82 Å². The van der Waals surface area contributed by atoms with Crippen LogP contribution in [0.5, 0.6) is 5.75 Å². The summed E-state index contributed by atoms with van der Waals surface area (Å²) >= 11 is 6.22. The van der Waals surface area contributed by atoms with E-state index in [1.807, 2.05) is 13.8 Å². The van der Waals surface area contributed by atoms with Gasteiger partial charge in [-0.05, 0) is 29.7 Å². The number of halogens is 3. The van der Waals surface area contributed by atoms with E-state index in [9.17, 15) is 19.3 Å². The van der Waals surface area contributed by atoms with Gasteiger partial charge in [0.1, 0.15) is 27.9 Å². The standard InChI is InChI=1S/C25H17ClF2N4O4/c1-12(2)13-7-5-9-17(29-3)22(13)31-24-14(20(26)23(25(31)33)32(34)35)11-16(28)21(30-24)19-15(27)8-6-10-18(19)36-4/h5-12H,1-2,4H3. The first-order chi connectivity index (χ1) is 17.1. The maximum atomic E-state index is 15.4. The number of fused-ring (bicyclic) bond motifs is 1. The van der Waals surface area contributed by atoms with Crippen molar-refractivity contribution in [2.75, 3.05) is 7.11 Å². The Labute approximate surface area is 208 Å². The number of nitro groups is 1. The molecule has 4 rings (SSSR count). The molecule has 0 unspecified atom stereocenters. The van der Waals surface area contributed by atoms with Crippen molar-refractivity contribution in [1.82, 2.24) is 9.55 Å². The van der Waals surface area contributed by atoms with Crippen molar-refractivity contribution >= 4 is 34.0 Å². The van der Waals surface area contributed by atoms with Crippen LogP contribution in [0.25, 0.3) is 32.8 Å². The molecule has 36 heavy (non-hydrogen) atoms. The smallest absolute Gasteiger partial charge is 0.353 e. The van der Waals surface area contributed by atoms with E-state index in [0.29, 0.717) is 5.56 Å². The summed E-state index contributed by atoms with van der Waals surface area (Å²) in [5.41, 5.74) is -2.69. The van der Waals surface area contributed by atoms with Crippen LogP contribution in [0, 0.1) is 28.3 Å². The van der Waals surface area contributed by atoms with Gasteiger partial charge in [-0.25, -0.2) is 18.6 Å². The molecule has 0 aliphatic heterocycles. The highest BCUT2D eigenvalue weighted by atomic mass is 35.5. The maximum Gasteiger partial charge on any atom is 0.353 e. The summed E-state index contributed by atoms with van der Waals surface area (Å²) in [5.74, 6) is -2.13. The highest BCUT2D eigenvalue weighted by Gasteiger charge is 2.30. The third-order valence-corrected chi connectivity index (χ3v) is 6.03. The molecular weight excluding hydrogens is 494 g/mol. The largest absolute Gasteiger partial charge is 0.496 e. The summed E-state index contributed by atoms with van der Waals surface area (Å²) < 4.78 is 36.2. The fourth-order valence-electron chi connectivity index (χ4n) is 4.03. The van der Waals surface area contributed by atoms with E-state index in [0.717, 1.165) is 16.7 Å². The molecule has 2 heterocycles. The van der Waals surface area contributed by atoms with Crippen molar-refractivity contribution in [2.45, 2.75) is 19.8 Å². The van der Waals surface area contributed by atoms with Gasteiger partial charge in [0.25, 0.3) is 0 Å². The lowest BCUT2D eigenvalue weighted by Crippen LogP contribution is -2.24. The number of rotatable bonds is 5. The van der Waals surface area contributed by atoms with Crippen molar-refractivity contribution in [2.24, 2.45) is 0 Å². The van der Waals surface area contributed by atoms with E-state index >= 15 is 4.39 Å². The van der Waals surface area contributed by atoms with E-state index in [-0.39, 0.29) is 39.6 Å². The number of methoxy groups -OCH3 is 1. The Kier molecular flexibility index (Phi) is 6.43. The third kappa shape index (κ3) is 3.83. The summed E-state index contributed by atoms with van der Waals surface area (Å²) in [6.45, 7) is 11.3. The molecule has 2 aromatic heterocycles. The average Bonchev–Trinajstić information content (AvgIpc) is 2.84. The second-order valence-corrected chi connectivity index (χ2v) is 8.43.